The Morgan fingerprint density at radius 1 is 1.00 bits per heavy atom. The summed E-state index contributed by atoms with van der Waals surface area (Å²) >= 11 is 0. The van der Waals surface area contributed by atoms with Crippen molar-refractivity contribution in [1.29, 1.82) is 0 Å². The van der Waals surface area contributed by atoms with Crippen LogP contribution in [0.3, 0.4) is 0 Å². The molecule has 0 bridgehead atoms. The lowest BCUT2D eigenvalue weighted by Gasteiger charge is -2.41. The van der Waals surface area contributed by atoms with E-state index in [-0.39, 0.29) is 5.91 Å². The van der Waals surface area contributed by atoms with E-state index in [1.165, 1.54) is 0 Å². The molecule has 0 saturated heterocycles. The number of nitrogens with two attached hydrogens (primary N) is 1. The Labute approximate surface area is 126 Å². The number of carbonyl (C=O) groups excluding carboxylic acids is 1. The lowest BCUT2D eigenvalue weighted by molar-refractivity contribution is -0.128. The van der Waals surface area contributed by atoms with Crippen molar-refractivity contribution >= 4 is 5.91 Å². The molecule has 1 amide bonds. The molecular weight excluding hydrogens is 248 g/mol. The van der Waals surface area contributed by atoms with Gasteiger partial charge in [0, 0.05) is 6.04 Å². The first kappa shape index (κ1) is 19.4. The molecule has 3 nitrogen and oxygen atoms in total. The van der Waals surface area contributed by atoms with Crippen LogP contribution in [0.1, 0.15) is 86.0 Å². The van der Waals surface area contributed by atoms with E-state index in [2.05, 4.69) is 39.9 Å². The second-order valence-corrected chi connectivity index (χ2v) is 6.19. The van der Waals surface area contributed by atoms with E-state index in [0.717, 1.165) is 51.4 Å². The predicted molar refractivity (Wildman–Crippen MR) is 87.6 cm³/mol. The van der Waals surface area contributed by atoms with E-state index >= 15 is 0 Å². The summed E-state index contributed by atoms with van der Waals surface area (Å²) in [6, 6.07) is 0.343. The van der Waals surface area contributed by atoms with Crippen LogP contribution >= 0.6 is 0 Å². The highest BCUT2D eigenvalue weighted by molar-refractivity contribution is 5.85. The van der Waals surface area contributed by atoms with Gasteiger partial charge in [-0.3, -0.25) is 4.79 Å². The maximum atomic E-state index is 12.3. The molecule has 0 aliphatic rings. The Hall–Kier alpha value is -0.570. The summed E-state index contributed by atoms with van der Waals surface area (Å²) in [7, 11) is 0. The Bertz CT molecular complexity index is 262. The quantitative estimate of drug-likeness (QED) is 0.569. The second kappa shape index (κ2) is 10.2. The molecule has 0 aromatic carbocycles. The monoisotopic (exact) mass is 284 g/mol. The smallest absolute Gasteiger partial charge is 0.238 e. The predicted octanol–water partition coefficient (Wildman–Crippen LogP) is 4.01. The van der Waals surface area contributed by atoms with Crippen molar-refractivity contribution in [2.45, 2.75) is 97.6 Å². The minimum absolute atomic E-state index is 0.158. The van der Waals surface area contributed by atoms with E-state index in [0.29, 0.717) is 12.0 Å². The highest BCUT2D eigenvalue weighted by atomic mass is 16.1. The lowest BCUT2D eigenvalue weighted by atomic mass is 9.74. The normalized spacial score (nSPS) is 16.1. The van der Waals surface area contributed by atoms with Crippen molar-refractivity contribution < 1.29 is 4.79 Å². The summed E-state index contributed by atoms with van der Waals surface area (Å²) < 4.78 is 0. The Balaban J connectivity index is 5.29. The van der Waals surface area contributed by atoms with E-state index in [1.54, 1.807) is 0 Å². The highest BCUT2D eigenvalue weighted by Gasteiger charge is 2.42. The van der Waals surface area contributed by atoms with Crippen molar-refractivity contribution in [3.8, 4) is 0 Å². The van der Waals surface area contributed by atoms with E-state index in [1.807, 2.05) is 0 Å². The molecule has 0 aliphatic heterocycles. The average Bonchev–Trinajstić information content (AvgIpc) is 2.38. The van der Waals surface area contributed by atoms with Crippen molar-refractivity contribution in [2.75, 3.05) is 0 Å². The van der Waals surface area contributed by atoms with Crippen LogP contribution < -0.4 is 11.1 Å². The lowest BCUT2D eigenvalue weighted by Crippen LogP contribution is -2.62. The fourth-order valence-corrected chi connectivity index (χ4v) is 3.46. The van der Waals surface area contributed by atoms with Gasteiger partial charge in [-0.2, -0.15) is 0 Å². The third-order valence-electron chi connectivity index (χ3n) is 4.28. The van der Waals surface area contributed by atoms with Crippen LogP contribution in [0.25, 0.3) is 0 Å². The molecule has 0 spiro atoms. The first-order valence-electron chi connectivity index (χ1n) is 8.55. The molecule has 0 saturated carbocycles. The summed E-state index contributed by atoms with van der Waals surface area (Å²) in [5.41, 5.74) is 5.34. The number of rotatable bonds is 12. The summed E-state index contributed by atoms with van der Waals surface area (Å²) in [5.74, 6) is 0.198. The van der Waals surface area contributed by atoms with Gasteiger partial charge in [0.25, 0.3) is 0 Å². The van der Waals surface area contributed by atoms with Gasteiger partial charge in [0.2, 0.25) is 5.91 Å². The van der Waals surface area contributed by atoms with Crippen LogP contribution in [0, 0.1) is 5.92 Å². The topological polar surface area (TPSA) is 55.1 Å². The van der Waals surface area contributed by atoms with Gasteiger partial charge in [-0.05, 0) is 38.5 Å². The Morgan fingerprint density at radius 2 is 1.50 bits per heavy atom. The zero-order chi connectivity index (χ0) is 15.6. The van der Waals surface area contributed by atoms with Gasteiger partial charge in [-0.25, -0.2) is 0 Å². The molecule has 3 N–H and O–H groups in total. The van der Waals surface area contributed by atoms with Crippen molar-refractivity contribution in [3.05, 3.63) is 0 Å². The number of hydrogen-bond acceptors (Lipinski definition) is 2. The maximum absolute atomic E-state index is 12.3. The minimum atomic E-state index is -0.518. The average molecular weight is 284 g/mol. The molecular formula is C17H36N2O. The van der Waals surface area contributed by atoms with Crippen molar-refractivity contribution in [2.24, 2.45) is 11.7 Å². The van der Waals surface area contributed by atoms with E-state index < -0.39 is 5.54 Å². The molecule has 0 heterocycles. The zero-order valence-electron chi connectivity index (χ0n) is 14.3. The number of hydrogen-bond donors (Lipinski definition) is 2. The molecule has 0 rings (SSSR count). The summed E-state index contributed by atoms with van der Waals surface area (Å²) in [5, 5.41) is 3.63. The standard InChI is InChI=1S/C17H36N2O/c1-6-10-14(5)19-17(13-9-4,16(18)20)15(11-7-2)12-8-3/h14-15,19H,6-13H2,1-5H3,(H2,18,20). The number of nitrogens with one attached hydrogen (secondary N) is 1. The van der Waals surface area contributed by atoms with Gasteiger partial charge in [-0.15, -0.1) is 0 Å². The fourth-order valence-electron chi connectivity index (χ4n) is 3.46. The van der Waals surface area contributed by atoms with E-state index in [4.69, 9.17) is 5.73 Å². The summed E-state index contributed by atoms with van der Waals surface area (Å²) in [6.07, 6.45) is 8.40. The van der Waals surface area contributed by atoms with Gasteiger partial charge in [0.05, 0.1) is 0 Å². The van der Waals surface area contributed by atoms with Crippen LogP contribution in [0.4, 0.5) is 0 Å². The fraction of sp³-hybridized carbons (Fsp3) is 0.941. The van der Waals surface area contributed by atoms with Crippen LogP contribution in [-0.4, -0.2) is 17.5 Å². The molecule has 0 radical (unpaired) electrons. The molecule has 0 aliphatic carbocycles. The number of amides is 1. The molecule has 120 valence electrons. The minimum Gasteiger partial charge on any atom is -0.368 e. The molecule has 0 aromatic heterocycles. The largest absolute Gasteiger partial charge is 0.368 e. The van der Waals surface area contributed by atoms with Crippen LogP contribution in [0.2, 0.25) is 0 Å². The van der Waals surface area contributed by atoms with E-state index in [9.17, 15) is 4.79 Å². The third kappa shape index (κ3) is 5.43. The van der Waals surface area contributed by atoms with Crippen molar-refractivity contribution in [1.82, 2.24) is 5.32 Å². The van der Waals surface area contributed by atoms with Crippen LogP contribution in [0.15, 0.2) is 0 Å². The van der Waals surface area contributed by atoms with Gasteiger partial charge < -0.3 is 11.1 Å². The third-order valence-corrected chi connectivity index (χ3v) is 4.28. The first-order valence-corrected chi connectivity index (χ1v) is 8.55. The summed E-state index contributed by atoms with van der Waals surface area (Å²) in [4.78, 5) is 12.3. The molecule has 0 aromatic rings. The molecule has 3 heteroatoms. The molecule has 2 atom stereocenters. The maximum Gasteiger partial charge on any atom is 0.238 e. The molecule has 20 heavy (non-hydrogen) atoms. The second-order valence-electron chi connectivity index (χ2n) is 6.19. The Kier molecular flexibility index (Phi) is 9.91. The van der Waals surface area contributed by atoms with Gasteiger partial charge >= 0.3 is 0 Å². The van der Waals surface area contributed by atoms with Crippen LogP contribution in [-0.2, 0) is 4.79 Å². The molecule has 0 fully saturated rings. The highest BCUT2D eigenvalue weighted by Crippen LogP contribution is 2.32. The zero-order valence-corrected chi connectivity index (χ0v) is 14.3. The SMILES string of the molecule is CCCC(C)NC(CCC)(C(N)=O)C(CCC)CCC. The van der Waals surface area contributed by atoms with Crippen molar-refractivity contribution in [3.63, 3.8) is 0 Å². The summed E-state index contributed by atoms with van der Waals surface area (Å²) in [6.45, 7) is 10.9. The Morgan fingerprint density at radius 3 is 1.85 bits per heavy atom. The van der Waals surface area contributed by atoms with Gasteiger partial charge in [0.15, 0.2) is 0 Å². The van der Waals surface area contributed by atoms with Gasteiger partial charge in [-0.1, -0.05) is 53.4 Å². The number of carbonyl (C=O) groups is 1. The first-order chi connectivity index (χ1) is 9.48. The number of primary amides is 1. The van der Waals surface area contributed by atoms with Crippen LogP contribution in [0.5, 0.6) is 0 Å². The van der Waals surface area contributed by atoms with Gasteiger partial charge in [0.1, 0.15) is 5.54 Å². The molecule has 2 unspecified atom stereocenters.